The zero-order valence-electron chi connectivity index (χ0n) is 15.6. The number of rotatable bonds is 5. The van der Waals surface area contributed by atoms with Crippen LogP contribution in [0.15, 0.2) is 59.4 Å². The molecule has 0 spiro atoms. The molecule has 0 bridgehead atoms. The summed E-state index contributed by atoms with van der Waals surface area (Å²) in [7, 11) is 1.70. The molecule has 1 heterocycles. The van der Waals surface area contributed by atoms with Crippen LogP contribution in [0.4, 0.5) is 0 Å². The predicted molar refractivity (Wildman–Crippen MR) is 107 cm³/mol. The van der Waals surface area contributed by atoms with E-state index in [1.165, 1.54) is 6.07 Å². The highest BCUT2D eigenvalue weighted by Gasteiger charge is 2.23. The minimum absolute atomic E-state index is 0.0616. The van der Waals surface area contributed by atoms with Crippen molar-refractivity contribution in [3.05, 3.63) is 81.6 Å². The number of nitrogens with zero attached hydrogens (tertiary/aromatic N) is 1. The monoisotopic (exact) mass is 375 g/mol. The van der Waals surface area contributed by atoms with Crippen LogP contribution in [-0.4, -0.2) is 34.8 Å². The van der Waals surface area contributed by atoms with Gasteiger partial charge in [0.05, 0.1) is 5.56 Å². The van der Waals surface area contributed by atoms with Crippen molar-refractivity contribution in [1.82, 2.24) is 15.2 Å². The fourth-order valence-electron chi connectivity index (χ4n) is 3.19. The summed E-state index contributed by atoms with van der Waals surface area (Å²) in [5.74, 6) is -0.286. The Labute approximate surface area is 162 Å². The second kappa shape index (κ2) is 7.31. The molecule has 2 amide bonds. The van der Waals surface area contributed by atoms with Crippen LogP contribution in [0.5, 0.6) is 0 Å². The Morgan fingerprint density at radius 1 is 1.11 bits per heavy atom. The van der Waals surface area contributed by atoms with Crippen LogP contribution >= 0.6 is 0 Å². The molecule has 1 aromatic heterocycles. The Morgan fingerprint density at radius 3 is 2.54 bits per heavy atom. The largest absolute Gasteiger partial charge is 0.349 e. The standard InChI is InChI=1S/C22H21N3O3/c1-25(13-14-6-8-15(9-7-14)21(27)23-16-10-11-16)22(28)18-12-20(26)24-19-5-3-2-4-17(18)19/h2-9,12,16H,10-11,13H2,1H3,(H,23,27)(H,24,26). The van der Waals surface area contributed by atoms with Crippen molar-refractivity contribution >= 4 is 22.7 Å². The minimum Gasteiger partial charge on any atom is -0.349 e. The Kier molecular flexibility index (Phi) is 4.69. The third kappa shape index (κ3) is 3.81. The summed E-state index contributed by atoms with van der Waals surface area (Å²) in [5, 5.41) is 3.67. The number of carbonyl (C=O) groups is 2. The highest BCUT2D eigenvalue weighted by Crippen LogP contribution is 2.20. The maximum absolute atomic E-state index is 12.9. The molecule has 0 radical (unpaired) electrons. The maximum atomic E-state index is 12.9. The van der Waals surface area contributed by atoms with Gasteiger partial charge in [-0.2, -0.15) is 0 Å². The minimum atomic E-state index is -0.304. The van der Waals surface area contributed by atoms with E-state index in [9.17, 15) is 14.4 Å². The van der Waals surface area contributed by atoms with Crippen LogP contribution in [0.2, 0.25) is 0 Å². The zero-order valence-corrected chi connectivity index (χ0v) is 15.6. The van der Waals surface area contributed by atoms with Crippen molar-refractivity contribution in [1.29, 1.82) is 0 Å². The van der Waals surface area contributed by atoms with Crippen LogP contribution in [0.3, 0.4) is 0 Å². The molecule has 6 nitrogen and oxygen atoms in total. The second-order valence-corrected chi connectivity index (χ2v) is 7.20. The predicted octanol–water partition coefficient (Wildman–Crippen LogP) is 2.69. The molecule has 28 heavy (non-hydrogen) atoms. The van der Waals surface area contributed by atoms with Gasteiger partial charge in [-0.25, -0.2) is 0 Å². The van der Waals surface area contributed by atoms with Crippen molar-refractivity contribution in [3.8, 4) is 0 Å². The van der Waals surface area contributed by atoms with Gasteiger partial charge in [0, 0.05) is 42.2 Å². The lowest BCUT2D eigenvalue weighted by Crippen LogP contribution is -2.28. The molecule has 1 saturated carbocycles. The molecule has 6 heteroatoms. The Balaban J connectivity index is 1.50. The lowest BCUT2D eigenvalue weighted by Gasteiger charge is -2.18. The molecule has 1 aliphatic rings. The second-order valence-electron chi connectivity index (χ2n) is 7.20. The Bertz CT molecular complexity index is 1100. The van der Waals surface area contributed by atoms with Crippen molar-refractivity contribution in [2.45, 2.75) is 25.4 Å². The first-order valence-electron chi connectivity index (χ1n) is 9.28. The molecule has 4 rings (SSSR count). The van der Waals surface area contributed by atoms with Gasteiger partial charge in [0.1, 0.15) is 0 Å². The molecule has 142 valence electrons. The lowest BCUT2D eigenvalue weighted by atomic mass is 10.1. The number of hydrogen-bond donors (Lipinski definition) is 2. The lowest BCUT2D eigenvalue weighted by molar-refractivity contribution is 0.0786. The molecule has 0 aliphatic heterocycles. The summed E-state index contributed by atoms with van der Waals surface area (Å²) in [6.45, 7) is 0.379. The zero-order chi connectivity index (χ0) is 19.7. The van der Waals surface area contributed by atoms with E-state index in [1.54, 1.807) is 30.1 Å². The number of aromatic amines is 1. The third-order valence-electron chi connectivity index (χ3n) is 4.88. The van der Waals surface area contributed by atoms with Crippen LogP contribution < -0.4 is 10.9 Å². The van der Waals surface area contributed by atoms with Crippen molar-refractivity contribution in [2.75, 3.05) is 7.05 Å². The average molecular weight is 375 g/mol. The van der Waals surface area contributed by atoms with Crippen LogP contribution in [-0.2, 0) is 6.54 Å². The molecule has 0 atom stereocenters. The van der Waals surface area contributed by atoms with Gasteiger partial charge in [-0.3, -0.25) is 14.4 Å². The van der Waals surface area contributed by atoms with Crippen LogP contribution in [0.25, 0.3) is 10.9 Å². The molecule has 1 fully saturated rings. The number of fused-ring (bicyclic) bond motifs is 1. The fraction of sp³-hybridized carbons (Fsp3) is 0.227. The van der Waals surface area contributed by atoms with Gasteiger partial charge in [-0.1, -0.05) is 30.3 Å². The molecular weight excluding hydrogens is 354 g/mol. The number of carbonyl (C=O) groups excluding carboxylic acids is 2. The molecule has 2 N–H and O–H groups in total. The van der Waals surface area contributed by atoms with Gasteiger partial charge in [-0.15, -0.1) is 0 Å². The molecule has 3 aromatic rings. The summed E-state index contributed by atoms with van der Waals surface area (Å²) >= 11 is 0. The van der Waals surface area contributed by atoms with Crippen molar-refractivity contribution in [2.24, 2.45) is 0 Å². The molecule has 1 aliphatic carbocycles. The third-order valence-corrected chi connectivity index (χ3v) is 4.88. The van der Waals surface area contributed by atoms with Gasteiger partial charge in [0.15, 0.2) is 0 Å². The Hall–Kier alpha value is -3.41. The van der Waals surface area contributed by atoms with E-state index in [0.717, 1.165) is 18.4 Å². The number of hydrogen-bond acceptors (Lipinski definition) is 3. The van der Waals surface area contributed by atoms with E-state index in [0.29, 0.717) is 34.6 Å². The van der Waals surface area contributed by atoms with E-state index in [2.05, 4.69) is 10.3 Å². The number of para-hydroxylation sites is 1. The number of amides is 2. The SMILES string of the molecule is CN(Cc1ccc(C(=O)NC2CC2)cc1)C(=O)c1cc(=O)[nH]c2ccccc12. The highest BCUT2D eigenvalue weighted by atomic mass is 16.2. The van der Waals surface area contributed by atoms with E-state index in [-0.39, 0.29) is 17.4 Å². The first kappa shape index (κ1) is 18.0. The van der Waals surface area contributed by atoms with Crippen LogP contribution in [0, 0.1) is 0 Å². The number of H-pyrrole nitrogens is 1. The van der Waals surface area contributed by atoms with Gasteiger partial charge in [0.2, 0.25) is 5.56 Å². The van der Waals surface area contributed by atoms with Gasteiger partial charge in [-0.05, 0) is 36.6 Å². The fourth-order valence-corrected chi connectivity index (χ4v) is 3.19. The van der Waals surface area contributed by atoms with E-state index >= 15 is 0 Å². The maximum Gasteiger partial charge on any atom is 0.254 e. The highest BCUT2D eigenvalue weighted by molar-refractivity contribution is 6.05. The summed E-state index contributed by atoms with van der Waals surface area (Å²) in [6.07, 6.45) is 2.10. The first-order valence-corrected chi connectivity index (χ1v) is 9.28. The van der Waals surface area contributed by atoms with E-state index in [1.807, 2.05) is 30.3 Å². The van der Waals surface area contributed by atoms with E-state index in [4.69, 9.17) is 0 Å². The first-order chi connectivity index (χ1) is 13.5. The molecular formula is C22H21N3O3. The van der Waals surface area contributed by atoms with Crippen LogP contribution in [0.1, 0.15) is 39.1 Å². The average Bonchev–Trinajstić information content (AvgIpc) is 3.51. The topological polar surface area (TPSA) is 82.3 Å². The van der Waals surface area contributed by atoms with Gasteiger partial charge >= 0.3 is 0 Å². The number of pyridine rings is 1. The molecule has 0 saturated heterocycles. The molecule has 2 aromatic carbocycles. The summed E-state index contributed by atoms with van der Waals surface area (Å²) < 4.78 is 0. The van der Waals surface area contributed by atoms with E-state index < -0.39 is 0 Å². The van der Waals surface area contributed by atoms with Crippen molar-refractivity contribution < 1.29 is 9.59 Å². The smallest absolute Gasteiger partial charge is 0.254 e. The number of aromatic nitrogens is 1. The summed E-state index contributed by atoms with van der Waals surface area (Å²) in [6, 6.07) is 16.1. The quantitative estimate of drug-likeness (QED) is 0.719. The summed E-state index contributed by atoms with van der Waals surface area (Å²) in [4.78, 5) is 41.2. The van der Waals surface area contributed by atoms with Crippen molar-refractivity contribution in [3.63, 3.8) is 0 Å². The molecule has 0 unspecified atom stereocenters. The Morgan fingerprint density at radius 2 is 1.82 bits per heavy atom. The van der Waals surface area contributed by atoms with Gasteiger partial charge < -0.3 is 15.2 Å². The van der Waals surface area contributed by atoms with Gasteiger partial charge in [0.25, 0.3) is 11.8 Å². The normalized spacial score (nSPS) is 13.3. The summed E-state index contributed by atoms with van der Waals surface area (Å²) in [5.41, 5.74) is 2.24. The number of nitrogens with one attached hydrogen (secondary N) is 2. The number of benzene rings is 2.